The number of rotatable bonds is 26. The fraction of sp³-hybridized carbons (Fsp3) is 0.867. The highest BCUT2D eigenvalue weighted by Crippen LogP contribution is 2.29. The van der Waals surface area contributed by atoms with Gasteiger partial charge in [-0.3, -0.25) is 14.4 Å². The average Bonchev–Trinajstić information content (AvgIpc) is 2.85. The third-order valence-electron chi connectivity index (χ3n) is 7.20. The third-order valence-corrected chi connectivity index (χ3v) is 7.20. The van der Waals surface area contributed by atoms with E-state index in [4.69, 9.17) is 9.84 Å². The van der Waals surface area contributed by atoms with Crippen LogP contribution < -0.4 is 0 Å². The summed E-state index contributed by atoms with van der Waals surface area (Å²) in [6.07, 6.45) is 19.0. The molecule has 8 nitrogen and oxygen atoms in total. The number of esters is 2. The number of hydrogen-bond acceptors (Lipinski definition) is 6. The van der Waals surface area contributed by atoms with Crippen molar-refractivity contribution in [2.24, 2.45) is 5.92 Å². The molecule has 0 bridgehead atoms. The molecule has 0 aromatic heterocycles. The Morgan fingerprint density at radius 3 is 1.42 bits per heavy atom. The van der Waals surface area contributed by atoms with E-state index in [1.807, 2.05) is 0 Å². The van der Waals surface area contributed by atoms with Gasteiger partial charge in [0.1, 0.15) is 0 Å². The Labute approximate surface area is 229 Å². The van der Waals surface area contributed by atoms with E-state index < -0.39 is 41.8 Å². The lowest BCUT2D eigenvalue weighted by Gasteiger charge is -2.29. The van der Waals surface area contributed by atoms with Crippen LogP contribution in [0.3, 0.4) is 0 Å². The summed E-state index contributed by atoms with van der Waals surface area (Å²) in [5, 5.41) is 29.4. The van der Waals surface area contributed by atoms with Crippen LogP contribution in [0.15, 0.2) is 0 Å². The quantitative estimate of drug-likeness (QED) is 0.0593. The monoisotopic (exact) mass is 542 g/mol. The fourth-order valence-electron chi connectivity index (χ4n) is 4.78. The summed E-state index contributed by atoms with van der Waals surface area (Å²) in [5.41, 5.74) is -2.83. The van der Waals surface area contributed by atoms with E-state index >= 15 is 0 Å². The van der Waals surface area contributed by atoms with E-state index in [1.54, 1.807) is 0 Å². The van der Waals surface area contributed by atoms with E-state index in [-0.39, 0.29) is 12.8 Å². The maximum absolute atomic E-state index is 12.7. The zero-order valence-electron chi connectivity index (χ0n) is 24.0. The fourth-order valence-corrected chi connectivity index (χ4v) is 4.78. The minimum atomic E-state index is -2.83. The Balaban J connectivity index is 4.55. The Morgan fingerprint density at radius 1 is 0.632 bits per heavy atom. The van der Waals surface area contributed by atoms with Crippen molar-refractivity contribution in [3.05, 3.63) is 0 Å². The second kappa shape index (κ2) is 23.0. The molecule has 0 saturated carbocycles. The standard InChI is InChI=1S/C30H54O8/c1-3-5-7-9-10-11-12-13-14-15-16-17-19-20-22-25(30(37,29(35)36)24-26(31)32)28(34)38-27(33)23-21-18-8-6-4-2/h25,37H,3-24H2,1-2H3,(H,31,32)(H,35,36). The molecule has 0 fully saturated rings. The number of unbranched alkanes of at least 4 members (excludes halogenated alkanes) is 17. The molecule has 0 radical (unpaired) electrons. The molecule has 2 unspecified atom stereocenters. The number of carbonyl (C=O) groups excluding carboxylic acids is 2. The molecule has 0 aromatic carbocycles. The van der Waals surface area contributed by atoms with Gasteiger partial charge in [0.15, 0.2) is 5.60 Å². The van der Waals surface area contributed by atoms with Gasteiger partial charge < -0.3 is 20.1 Å². The van der Waals surface area contributed by atoms with Crippen molar-refractivity contribution in [3.63, 3.8) is 0 Å². The molecule has 2 atom stereocenters. The maximum Gasteiger partial charge on any atom is 0.337 e. The number of hydrogen-bond donors (Lipinski definition) is 3. The van der Waals surface area contributed by atoms with Gasteiger partial charge in [-0.2, -0.15) is 0 Å². The number of aliphatic carboxylic acids is 2. The molecule has 0 amide bonds. The summed E-state index contributed by atoms with van der Waals surface area (Å²) >= 11 is 0. The van der Waals surface area contributed by atoms with Gasteiger partial charge in [0.05, 0.1) is 12.3 Å². The maximum atomic E-state index is 12.7. The highest BCUT2D eigenvalue weighted by Gasteiger charge is 2.50. The zero-order chi connectivity index (χ0) is 28.7. The first-order valence-electron chi connectivity index (χ1n) is 15.1. The molecule has 0 saturated heterocycles. The highest BCUT2D eigenvalue weighted by atomic mass is 16.6. The summed E-state index contributed by atoms with van der Waals surface area (Å²) in [6.45, 7) is 4.30. The molecule has 8 heteroatoms. The van der Waals surface area contributed by atoms with E-state index in [9.17, 15) is 29.4 Å². The Morgan fingerprint density at radius 2 is 1.03 bits per heavy atom. The molecular formula is C30H54O8. The van der Waals surface area contributed by atoms with Crippen LogP contribution in [0.4, 0.5) is 0 Å². The van der Waals surface area contributed by atoms with Gasteiger partial charge in [-0.05, 0) is 12.8 Å². The first-order valence-corrected chi connectivity index (χ1v) is 15.1. The second-order valence-corrected chi connectivity index (χ2v) is 10.7. The Bertz CT molecular complexity index is 663. The molecule has 0 heterocycles. The number of ether oxygens (including phenoxy) is 1. The smallest absolute Gasteiger partial charge is 0.337 e. The summed E-state index contributed by atoms with van der Waals surface area (Å²) in [5.74, 6) is -6.92. The summed E-state index contributed by atoms with van der Waals surface area (Å²) < 4.78 is 4.87. The van der Waals surface area contributed by atoms with Crippen LogP contribution >= 0.6 is 0 Å². The largest absolute Gasteiger partial charge is 0.481 e. The van der Waals surface area contributed by atoms with Crippen molar-refractivity contribution < 1.29 is 39.2 Å². The van der Waals surface area contributed by atoms with E-state index in [0.717, 1.165) is 51.4 Å². The number of aliphatic hydroxyl groups is 1. The number of carboxylic acids is 2. The molecule has 0 aromatic rings. The van der Waals surface area contributed by atoms with Crippen LogP contribution in [-0.2, 0) is 23.9 Å². The van der Waals surface area contributed by atoms with Crippen molar-refractivity contribution in [3.8, 4) is 0 Å². The van der Waals surface area contributed by atoms with Crippen molar-refractivity contribution in [1.29, 1.82) is 0 Å². The summed E-state index contributed by atoms with van der Waals surface area (Å²) in [4.78, 5) is 47.9. The minimum Gasteiger partial charge on any atom is -0.481 e. The van der Waals surface area contributed by atoms with Gasteiger partial charge in [0.2, 0.25) is 0 Å². The van der Waals surface area contributed by atoms with Gasteiger partial charge in [-0.25, -0.2) is 4.79 Å². The normalized spacial score (nSPS) is 13.6. The van der Waals surface area contributed by atoms with Crippen LogP contribution in [-0.4, -0.2) is 44.8 Å². The van der Waals surface area contributed by atoms with Gasteiger partial charge in [-0.1, -0.05) is 129 Å². The molecule has 0 spiro atoms. The van der Waals surface area contributed by atoms with Crippen LogP contribution in [0, 0.1) is 5.92 Å². The van der Waals surface area contributed by atoms with Crippen LogP contribution in [0.5, 0.6) is 0 Å². The van der Waals surface area contributed by atoms with Gasteiger partial charge in [0.25, 0.3) is 0 Å². The second-order valence-electron chi connectivity index (χ2n) is 10.7. The first kappa shape index (κ1) is 36.0. The zero-order valence-corrected chi connectivity index (χ0v) is 24.0. The molecule has 0 aliphatic carbocycles. The number of carbonyl (C=O) groups is 4. The Hall–Kier alpha value is -1.96. The molecule has 222 valence electrons. The highest BCUT2D eigenvalue weighted by molar-refractivity contribution is 5.93. The number of carboxylic acid groups (broad SMARTS) is 2. The van der Waals surface area contributed by atoms with Crippen LogP contribution in [0.25, 0.3) is 0 Å². The van der Waals surface area contributed by atoms with E-state index in [2.05, 4.69) is 13.8 Å². The predicted octanol–water partition coefficient (Wildman–Crippen LogP) is 7.19. The topological polar surface area (TPSA) is 138 Å². The van der Waals surface area contributed by atoms with E-state index in [0.29, 0.717) is 12.8 Å². The van der Waals surface area contributed by atoms with E-state index in [1.165, 1.54) is 57.8 Å². The van der Waals surface area contributed by atoms with Crippen molar-refractivity contribution in [1.82, 2.24) is 0 Å². The van der Waals surface area contributed by atoms with Gasteiger partial charge in [-0.15, -0.1) is 0 Å². The lowest BCUT2D eigenvalue weighted by atomic mass is 9.81. The van der Waals surface area contributed by atoms with Crippen molar-refractivity contribution >= 4 is 23.9 Å². The van der Waals surface area contributed by atoms with Crippen molar-refractivity contribution in [2.45, 2.75) is 161 Å². The predicted molar refractivity (Wildman–Crippen MR) is 148 cm³/mol. The minimum absolute atomic E-state index is 0.0193. The van der Waals surface area contributed by atoms with Crippen LogP contribution in [0.2, 0.25) is 0 Å². The summed E-state index contributed by atoms with van der Waals surface area (Å²) in [7, 11) is 0. The molecular weight excluding hydrogens is 488 g/mol. The lowest BCUT2D eigenvalue weighted by molar-refractivity contribution is -0.184. The first-order chi connectivity index (χ1) is 18.2. The molecule has 0 aliphatic rings. The lowest BCUT2D eigenvalue weighted by Crippen LogP contribution is -2.51. The Kier molecular flexibility index (Phi) is 21.8. The molecule has 0 aliphatic heterocycles. The summed E-state index contributed by atoms with van der Waals surface area (Å²) in [6, 6.07) is 0. The van der Waals surface area contributed by atoms with Gasteiger partial charge >= 0.3 is 23.9 Å². The molecule has 0 rings (SSSR count). The molecule has 38 heavy (non-hydrogen) atoms. The van der Waals surface area contributed by atoms with Gasteiger partial charge in [0, 0.05) is 6.42 Å². The van der Waals surface area contributed by atoms with Crippen molar-refractivity contribution in [2.75, 3.05) is 0 Å². The average molecular weight is 543 g/mol. The SMILES string of the molecule is CCCCCCCCCCCCCCCCC(C(=O)OC(=O)CCCCCCC)C(O)(CC(=O)O)C(=O)O. The van der Waals surface area contributed by atoms with Crippen LogP contribution in [0.1, 0.15) is 155 Å². The third kappa shape index (κ3) is 17.5. The molecule has 3 N–H and O–H groups in total.